The van der Waals surface area contributed by atoms with E-state index in [1.165, 1.54) is 10.9 Å². The molecule has 0 atom stereocenters. The summed E-state index contributed by atoms with van der Waals surface area (Å²) in [5.74, 6) is -0.580. The number of amides is 1. The molecule has 8 heteroatoms. The molecule has 0 saturated heterocycles. The van der Waals surface area contributed by atoms with E-state index in [-0.39, 0.29) is 11.2 Å². The molecule has 0 aliphatic heterocycles. The molecule has 0 aliphatic rings. The highest BCUT2D eigenvalue weighted by Crippen LogP contribution is 2.26. The van der Waals surface area contributed by atoms with Crippen molar-refractivity contribution >= 4 is 11.7 Å². The molecule has 0 aromatic carbocycles. The van der Waals surface area contributed by atoms with Gasteiger partial charge in [-0.3, -0.25) is 4.79 Å². The molecule has 0 radical (unpaired) electrons. The Labute approximate surface area is 131 Å². The van der Waals surface area contributed by atoms with Crippen LogP contribution < -0.4 is 5.32 Å². The summed E-state index contributed by atoms with van der Waals surface area (Å²) < 4.78 is 38.3. The number of hydrogen-bond donors (Lipinski definition) is 1. The minimum absolute atomic E-state index is 0.155. The molecule has 0 fully saturated rings. The van der Waals surface area contributed by atoms with Crippen molar-refractivity contribution in [3.63, 3.8) is 0 Å². The Bertz CT molecular complexity index is 687. The van der Waals surface area contributed by atoms with Gasteiger partial charge in [0.2, 0.25) is 5.91 Å². The second-order valence-corrected chi connectivity index (χ2v) is 6.10. The summed E-state index contributed by atoms with van der Waals surface area (Å²) in [7, 11) is 0. The van der Waals surface area contributed by atoms with E-state index in [0.29, 0.717) is 11.5 Å². The molecule has 2 rings (SSSR count). The molecule has 1 amide bonds. The molecule has 0 bridgehead atoms. The van der Waals surface area contributed by atoms with Gasteiger partial charge in [-0.25, -0.2) is 4.98 Å². The van der Waals surface area contributed by atoms with E-state index in [4.69, 9.17) is 0 Å². The van der Waals surface area contributed by atoms with Crippen LogP contribution in [0.4, 0.5) is 19.0 Å². The van der Waals surface area contributed by atoms with Crippen LogP contribution in [0.3, 0.4) is 0 Å². The van der Waals surface area contributed by atoms with Crippen LogP contribution >= 0.6 is 0 Å². The summed E-state index contributed by atoms with van der Waals surface area (Å²) in [6.45, 7) is 5.75. The summed E-state index contributed by atoms with van der Waals surface area (Å²) in [4.78, 5) is 15.7. The summed E-state index contributed by atoms with van der Waals surface area (Å²) >= 11 is 0. The van der Waals surface area contributed by atoms with Gasteiger partial charge in [-0.2, -0.15) is 23.0 Å². The van der Waals surface area contributed by atoms with Crippen LogP contribution in [0.15, 0.2) is 30.5 Å². The lowest BCUT2D eigenvalue weighted by atomic mass is 9.92. The first-order chi connectivity index (χ1) is 10.6. The van der Waals surface area contributed by atoms with Crippen LogP contribution in [0.1, 0.15) is 32.9 Å². The zero-order valence-electron chi connectivity index (χ0n) is 13.0. The minimum atomic E-state index is -4.56. The number of rotatable bonds is 3. The normalized spacial score (nSPS) is 12.3. The van der Waals surface area contributed by atoms with Crippen molar-refractivity contribution in [2.45, 2.75) is 38.8 Å². The van der Waals surface area contributed by atoms with E-state index in [2.05, 4.69) is 15.4 Å². The molecule has 0 spiro atoms. The smallest absolute Gasteiger partial charge is 0.310 e. The topological polar surface area (TPSA) is 59.8 Å². The molecular weight excluding hydrogens is 309 g/mol. The fourth-order valence-corrected chi connectivity index (χ4v) is 1.86. The summed E-state index contributed by atoms with van der Waals surface area (Å²) in [6.07, 6.45) is -4.58. The molecular formula is C15H17F3N4O. The van der Waals surface area contributed by atoms with Gasteiger partial charge in [0.25, 0.3) is 0 Å². The first kappa shape index (κ1) is 17.0. The zero-order valence-corrected chi connectivity index (χ0v) is 13.0. The summed E-state index contributed by atoms with van der Waals surface area (Å²) in [5, 5.41) is 6.62. The SMILES string of the molecule is CC(C)(C)c1cc(NC(=O)CC(F)(F)F)n(-c2ccccn2)n1. The van der Waals surface area contributed by atoms with E-state index in [1.54, 1.807) is 24.3 Å². The van der Waals surface area contributed by atoms with Crippen LogP contribution in [-0.4, -0.2) is 26.8 Å². The van der Waals surface area contributed by atoms with E-state index >= 15 is 0 Å². The van der Waals surface area contributed by atoms with E-state index < -0.39 is 18.5 Å². The Hall–Kier alpha value is -2.38. The molecule has 5 nitrogen and oxygen atoms in total. The van der Waals surface area contributed by atoms with Gasteiger partial charge >= 0.3 is 6.18 Å². The van der Waals surface area contributed by atoms with Crippen LogP contribution in [0.5, 0.6) is 0 Å². The van der Waals surface area contributed by atoms with Gasteiger partial charge < -0.3 is 5.32 Å². The Morgan fingerprint density at radius 1 is 1.26 bits per heavy atom. The maximum Gasteiger partial charge on any atom is 0.397 e. The molecule has 0 unspecified atom stereocenters. The summed E-state index contributed by atoms with van der Waals surface area (Å²) in [6, 6.07) is 6.64. The molecule has 0 saturated carbocycles. The minimum Gasteiger partial charge on any atom is -0.310 e. The van der Waals surface area contributed by atoms with Gasteiger partial charge in [0.15, 0.2) is 5.82 Å². The maximum atomic E-state index is 12.3. The van der Waals surface area contributed by atoms with Crippen molar-refractivity contribution in [1.29, 1.82) is 0 Å². The highest BCUT2D eigenvalue weighted by molar-refractivity contribution is 5.90. The van der Waals surface area contributed by atoms with E-state index in [1.807, 2.05) is 20.8 Å². The van der Waals surface area contributed by atoms with Crippen molar-refractivity contribution in [3.8, 4) is 5.82 Å². The largest absolute Gasteiger partial charge is 0.397 e. The average Bonchev–Trinajstić information content (AvgIpc) is 2.81. The number of alkyl halides is 3. The third-order valence-corrected chi connectivity index (χ3v) is 2.97. The van der Waals surface area contributed by atoms with Crippen LogP contribution in [0.25, 0.3) is 5.82 Å². The van der Waals surface area contributed by atoms with E-state index in [0.717, 1.165) is 0 Å². The molecule has 2 aromatic heterocycles. The molecule has 2 aromatic rings. The third kappa shape index (κ3) is 4.54. The van der Waals surface area contributed by atoms with Crippen LogP contribution in [0.2, 0.25) is 0 Å². The lowest BCUT2D eigenvalue weighted by molar-refractivity contribution is -0.150. The average molecular weight is 326 g/mol. The standard InChI is InChI=1S/C15H17F3N4O/c1-14(2,3)10-8-12(20-13(23)9-15(16,17)18)22(21-10)11-6-4-5-7-19-11/h4-8H,9H2,1-3H3,(H,20,23). The number of pyridine rings is 1. The van der Waals surface area contributed by atoms with E-state index in [9.17, 15) is 18.0 Å². The predicted octanol–water partition coefficient (Wildman–Crippen LogP) is 3.46. The highest BCUT2D eigenvalue weighted by Gasteiger charge is 2.32. The molecule has 2 heterocycles. The number of hydrogen-bond acceptors (Lipinski definition) is 3. The van der Waals surface area contributed by atoms with Crippen molar-refractivity contribution < 1.29 is 18.0 Å². The predicted molar refractivity (Wildman–Crippen MR) is 79.4 cm³/mol. The number of anilines is 1. The van der Waals surface area contributed by atoms with Crippen molar-refractivity contribution in [2.75, 3.05) is 5.32 Å². The maximum absolute atomic E-state index is 12.3. The van der Waals surface area contributed by atoms with Gasteiger partial charge in [-0.05, 0) is 12.1 Å². The van der Waals surface area contributed by atoms with Crippen LogP contribution in [0, 0.1) is 0 Å². The highest BCUT2D eigenvalue weighted by atomic mass is 19.4. The summed E-state index contributed by atoms with van der Waals surface area (Å²) in [5.41, 5.74) is 0.300. The van der Waals surface area contributed by atoms with Gasteiger partial charge in [0, 0.05) is 17.7 Å². The second-order valence-electron chi connectivity index (χ2n) is 6.10. The quantitative estimate of drug-likeness (QED) is 0.940. The Kier molecular flexibility index (Phi) is 4.44. The zero-order chi connectivity index (χ0) is 17.3. The van der Waals surface area contributed by atoms with Gasteiger partial charge in [0.1, 0.15) is 12.2 Å². The Balaban J connectivity index is 2.37. The number of nitrogens with one attached hydrogen (secondary N) is 1. The number of aromatic nitrogens is 3. The lowest BCUT2D eigenvalue weighted by Crippen LogP contribution is -2.22. The molecule has 23 heavy (non-hydrogen) atoms. The number of halogens is 3. The van der Waals surface area contributed by atoms with Crippen LogP contribution in [-0.2, 0) is 10.2 Å². The first-order valence-electron chi connectivity index (χ1n) is 6.95. The fraction of sp³-hybridized carbons (Fsp3) is 0.400. The Morgan fingerprint density at radius 2 is 1.96 bits per heavy atom. The number of carbonyl (C=O) groups is 1. The monoisotopic (exact) mass is 326 g/mol. The Morgan fingerprint density at radius 3 is 2.48 bits per heavy atom. The van der Waals surface area contributed by atoms with Crippen molar-refractivity contribution in [3.05, 3.63) is 36.2 Å². The number of nitrogens with zero attached hydrogens (tertiary/aromatic N) is 3. The fourth-order valence-electron chi connectivity index (χ4n) is 1.86. The van der Waals surface area contributed by atoms with Crippen molar-refractivity contribution in [2.24, 2.45) is 0 Å². The van der Waals surface area contributed by atoms with Gasteiger partial charge in [-0.15, -0.1) is 0 Å². The lowest BCUT2D eigenvalue weighted by Gasteiger charge is -2.13. The number of carbonyl (C=O) groups excluding carboxylic acids is 1. The third-order valence-electron chi connectivity index (χ3n) is 2.97. The van der Waals surface area contributed by atoms with Gasteiger partial charge in [-0.1, -0.05) is 26.8 Å². The first-order valence-corrected chi connectivity index (χ1v) is 6.95. The van der Waals surface area contributed by atoms with Crippen molar-refractivity contribution in [1.82, 2.24) is 14.8 Å². The molecule has 1 N–H and O–H groups in total. The second kappa shape index (κ2) is 6.02. The molecule has 124 valence electrons. The molecule has 0 aliphatic carbocycles. The van der Waals surface area contributed by atoms with Gasteiger partial charge in [0.05, 0.1) is 5.69 Å².